The Hall–Kier alpha value is -0.610. The maximum atomic E-state index is 10.3. The molecule has 0 aromatic rings. The van der Waals surface area contributed by atoms with Gasteiger partial charge in [0.1, 0.15) is 0 Å². The molecule has 1 aliphatic rings. The summed E-state index contributed by atoms with van der Waals surface area (Å²) in [5, 5.41) is 17.2. The van der Waals surface area contributed by atoms with Crippen LogP contribution in [-0.2, 0) is 4.79 Å². The predicted molar refractivity (Wildman–Crippen MR) is 48.5 cm³/mol. The lowest BCUT2D eigenvalue weighted by Crippen LogP contribution is -2.24. The Kier molecular flexibility index (Phi) is 4.18. The Morgan fingerprint density at radius 1 is 1.54 bits per heavy atom. The first-order valence-electron chi connectivity index (χ1n) is 4.77. The average molecular weight is 187 g/mol. The topological polar surface area (TPSA) is 60.8 Å². The molecule has 1 atom stereocenters. The lowest BCUT2D eigenvalue weighted by Gasteiger charge is -2.13. The number of carboxylic acid groups (broad SMARTS) is 1. The third-order valence-electron chi connectivity index (χ3n) is 2.55. The van der Waals surface area contributed by atoms with E-state index in [1.165, 1.54) is 0 Å². The normalized spacial score (nSPS) is 23.6. The van der Waals surface area contributed by atoms with Gasteiger partial charge in [-0.25, -0.2) is 0 Å². The molecule has 0 spiro atoms. The van der Waals surface area contributed by atoms with Crippen molar-refractivity contribution in [1.29, 1.82) is 0 Å². The van der Waals surface area contributed by atoms with Crippen molar-refractivity contribution in [2.24, 2.45) is 5.92 Å². The largest absolute Gasteiger partial charge is 0.481 e. The van der Waals surface area contributed by atoms with Gasteiger partial charge in [0.2, 0.25) is 0 Å². The molecule has 1 unspecified atom stereocenters. The molecule has 0 aromatic heterocycles. The minimum absolute atomic E-state index is 0.228. The standard InChI is InChI=1S/C9H17NO3/c11-6-3-8-1-4-10(7-8)5-2-9(12)13/h8,11H,1-7H2,(H,12,13). The summed E-state index contributed by atoms with van der Waals surface area (Å²) < 4.78 is 0. The van der Waals surface area contributed by atoms with Gasteiger partial charge in [-0.2, -0.15) is 0 Å². The number of carbonyl (C=O) groups is 1. The van der Waals surface area contributed by atoms with Crippen LogP contribution in [0.4, 0.5) is 0 Å². The van der Waals surface area contributed by atoms with Gasteiger partial charge in [-0.05, 0) is 25.3 Å². The van der Waals surface area contributed by atoms with Crippen molar-refractivity contribution in [3.63, 3.8) is 0 Å². The number of rotatable bonds is 5. The number of nitrogens with zero attached hydrogens (tertiary/aromatic N) is 1. The van der Waals surface area contributed by atoms with Crippen molar-refractivity contribution in [1.82, 2.24) is 4.90 Å². The zero-order chi connectivity index (χ0) is 9.68. The molecule has 2 N–H and O–H groups in total. The molecule has 0 radical (unpaired) electrons. The summed E-state index contributed by atoms with van der Waals surface area (Å²) in [4.78, 5) is 12.5. The van der Waals surface area contributed by atoms with E-state index in [9.17, 15) is 4.79 Å². The van der Waals surface area contributed by atoms with Gasteiger partial charge < -0.3 is 15.1 Å². The highest BCUT2D eigenvalue weighted by Gasteiger charge is 2.21. The van der Waals surface area contributed by atoms with Gasteiger partial charge in [0.25, 0.3) is 0 Å². The minimum atomic E-state index is -0.731. The third kappa shape index (κ3) is 3.74. The van der Waals surface area contributed by atoms with E-state index in [1.54, 1.807) is 0 Å². The first-order valence-corrected chi connectivity index (χ1v) is 4.77. The van der Waals surface area contributed by atoms with Gasteiger partial charge in [-0.3, -0.25) is 4.79 Å². The Labute approximate surface area is 78.2 Å². The summed E-state index contributed by atoms with van der Waals surface area (Å²) in [5.41, 5.74) is 0. The summed E-state index contributed by atoms with van der Waals surface area (Å²) in [7, 11) is 0. The van der Waals surface area contributed by atoms with Crippen molar-refractivity contribution in [2.75, 3.05) is 26.2 Å². The smallest absolute Gasteiger partial charge is 0.304 e. The van der Waals surface area contributed by atoms with Crippen LogP contribution < -0.4 is 0 Å². The SMILES string of the molecule is O=C(O)CCN1CCC(CCO)C1. The van der Waals surface area contributed by atoms with Gasteiger partial charge in [0, 0.05) is 19.7 Å². The van der Waals surface area contributed by atoms with Gasteiger partial charge in [-0.15, -0.1) is 0 Å². The molecule has 0 aromatic carbocycles. The lowest BCUT2D eigenvalue weighted by molar-refractivity contribution is -0.137. The first kappa shape index (κ1) is 10.5. The quantitative estimate of drug-likeness (QED) is 0.644. The number of likely N-dealkylation sites (tertiary alicyclic amines) is 1. The zero-order valence-electron chi connectivity index (χ0n) is 7.78. The van der Waals surface area contributed by atoms with Crippen LogP contribution in [0.5, 0.6) is 0 Å². The second kappa shape index (κ2) is 5.19. The molecule has 13 heavy (non-hydrogen) atoms. The summed E-state index contributed by atoms with van der Waals surface area (Å²) in [5.74, 6) is -0.163. The number of hydrogen-bond donors (Lipinski definition) is 2. The van der Waals surface area contributed by atoms with Crippen LogP contribution in [0.3, 0.4) is 0 Å². The van der Waals surface area contributed by atoms with E-state index >= 15 is 0 Å². The maximum absolute atomic E-state index is 10.3. The summed E-state index contributed by atoms with van der Waals surface area (Å²) in [6.45, 7) is 2.83. The average Bonchev–Trinajstić information content (AvgIpc) is 2.50. The van der Waals surface area contributed by atoms with Crippen LogP contribution >= 0.6 is 0 Å². The second-order valence-electron chi connectivity index (χ2n) is 3.61. The number of carboxylic acids is 1. The van der Waals surface area contributed by atoms with Gasteiger partial charge in [-0.1, -0.05) is 0 Å². The van der Waals surface area contributed by atoms with E-state index in [1.807, 2.05) is 0 Å². The van der Waals surface area contributed by atoms with Crippen molar-refractivity contribution in [3.05, 3.63) is 0 Å². The molecule has 1 rings (SSSR count). The molecule has 0 saturated carbocycles. The van der Waals surface area contributed by atoms with E-state index in [0.29, 0.717) is 12.5 Å². The molecule has 0 aliphatic carbocycles. The Balaban J connectivity index is 2.13. The minimum Gasteiger partial charge on any atom is -0.481 e. The zero-order valence-corrected chi connectivity index (χ0v) is 7.78. The monoisotopic (exact) mass is 187 g/mol. The van der Waals surface area contributed by atoms with E-state index in [-0.39, 0.29) is 13.0 Å². The van der Waals surface area contributed by atoms with E-state index in [0.717, 1.165) is 25.9 Å². The number of aliphatic hydroxyl groups excluding tert-OH is 1. The highest BCUT2D eigenvalue weighted by atomic mass is 16.4. The summed E-state index contributed by atoms with van der Waals surface area (Å²) in [6.07, 6.45) is 2.18. The highest BCUT2D eigenvalue weighted by molar-refractivity contribution is 5.66. The molecule has 1 fully saturated rings. The lowest BCUT2D eigenvalue weighted by atomic mass is 10.1. The number of aliphatic hydroxyl groups is 1. The summed E-state index contributed by atoms with van der Waals surface area (Å²) in [6, 6.07) is 0. The molecule has 0 bridgehead atoms. The van der Waals surface area contributed by atoms with E-state index in [2.05, 4.69) is 4.90 Å². The molecule has 1 aliphatic heterocycles. The van der Waals surface area contributed by atoms with Crippen molar-refractivity contribution in [3.8, 4) is 0 Å². The first-order chi connectivity index (χ1) is 6.22. The highest BCUT2D eigenvalue weighted by Crippen LogP contribution is 2.18. The fourth-order valence-corrected chi connectivity index (χ4v) is 1.79. The van der Waals surface area contributed by atoms with Gasteiger partial charge >= 0.3 is 5.97 Å². The molecular weight excluding hydrogens is 170 g/mol. The van der Waals surface area contributed by atoms with Gasteiger partial charge in [0.05, 0.1) is 6.42 Å². The molecule has 4 heteroatoms. The molecule has 1 saturated heterocycles. The molecule has 76 valence electrons. The molecular formula is C9H17NO3. The van der Waals surface area contributed by atoms with Crippen LogP contribution in [0.25, 0.3) is 0 Å². The Morgan fingerprint density at radius 2 is 2.31 bits per heavy atom. The van der Waals surface area contributed by atoms with Crippen LogP contribution in [0.2, 0.25) is 0 Å². The van der Waals surface area contributed by atoms with Crippen LogP contribution in [-0.4, -0.2) is 47.3 Å². The second-order valence-corrected chi connectivity index (χ2v) is 3.61. The molecule has 0 amide bonds. The predicted octanol–water partition coefficient (Wildman–Crippen LogP) is 0.165. The number of hydrogen-bond acceptors (Lipinski definition) is 3. The van der Waals surface area contributed by atoms with Crippen molar-refractivity contribution in [2.45, 2.75) is 19.3 Å². The van der Waals surface area contributed by atoms with Crippen LogP contribution in [0, 0.1) is 5.92 Å². The van der Waals surface area contributed by atoms with E-state index in [4.69, 9.17) is 10.2 Å². The fourth-order valence-electron chi connectivity index (χ4n) is 1.79. The molecule has 4 nitrogen and oxygen atoms in total. The van der Waals surface area contributed by atoms with Crippen molar-refractivity contribution < 1.29 is 15.0 Å². The number of aliphatic carboxylic acids is 1. The van der Waals surface area contributed by atoms with Crippen LogP contribution in [0.15, 0.2) is 0 Å². The summed E-state index contributed by atoms with van der Waals surface area (Å²) >= 11 is 0. The van der Waals surface area contributed by atoms with E-state index < -0.39 is 5.97 Å². The molecule has 1 heterocycles. The Bertz CT molecular complexity index is 172. The Morgan fingerprint density at radius 3 is 2.92 bits per heavy atom. The maximum Gasteiger partial charge on any atom is 0.304 e. The third-order valence-corrected chi connectivity index (χ3v) is 2.55. The van der Waals surface area contributed by atoms with Crippen LogP contribution in [0.1, 0.15) is 19.3 Å². The van der Waals surface area contributed by atoms with Gasteiger partial charge in [0.15, 0.2) is 0 Å². The fraction of sp³-hybridized carbons (Fsp3) is 0.889. The van der Waals surface area contributed by atoms with Crippen molar-refractivity contribution >= 4 is 5.97 Å².